The van der Waals surface area contributed by atoms with E-state index >= 15 is 0 Å². The van der Waals surface area contributed by atoms with E-state index in [2.05, 4.69) is 0 Å². The molecule has 80 valence electrons. The van der Waals surface area contributed by atoms with Gasteiger partial charge in [-0.2, -0.15) is 0 Å². The Labute approximate surface area is 99.1 Å². The van der Waals surface area contributed by atoms with E-state index in [1.165, 1.54) is 0 Å². The summed E-state index contributed by atoms with van der Waals surface area (Å²) in [4.78, 5) is 10.2. The van der Waals surface area contributed by atoms with Crippen molar-refractivity contribution in [2.75, 3.05) is 6.54 Å². The maximum Gasteiger partial charge on any atom is 1.00 e. The summed E-state index contributed by atoms with van der Waals surface area (Å²) in [5, 5.41) is 8.40. The third-order valence-electron chi connectivity index (χ3n) is 2.01. The average molecular weight is 196 g/mol. The number of hydrogen-bond donors (Lipinski definition) is 3. The van der Waals surface area contributed by atoms with E-state index in [1.54, 1.807) is 0 Å². The zero-order valence-corrected chi connectivity index (χ0v) is 9.04. The van der Waals surface area contributed by atoms with E-state index in [0.717, 1.165) is 32.2 Å². The monoisotopic (exact) mass is 196 g/mol. The minimum Gasteiger partial charge on any atom is -1.00 e. The molecule has 0 heterocycles. The molecule has 1 atom stereocenters. The molecule has 0 saturated heterocycles. The Kier molecular flexibility index (Phi) is 13.0. The second-order valence-corrected chi connectivity index (χ2v) is 3.33. The Morgan fingerprint density at radius 2 is 1.93 bits per heavy atom. The van der Waals surface area contributed by atoms with Crippen molar-refractivity contribution >= 4 is 5.97 Å². The van der Waals surface area contributed by atoms with E-state index < -0.39 is 5.97 Å². The molecule has 5 N–H and O–H groups in total. The van der Waals surface area contributed by atoms with Gasteiger partial charge < -0.3 is 18.0 Å². The van der Waals surface area contributed by atoms with Gasteiger partial charge in [-0.3, -0.25) is 4.79 Å². The molecule has 0 aromatic heterocycles. The first-order valence-electron chi connectivity index (χ1n) is 4.84. The first-order chi connectivity index (χ1) is 6.16. The Hall–Kier alpha value is -0.0126. The standard InChI is InChI=1S/C9H20N2O2.Li.H/c10-7-3-1-2-4-8(11)5-6-9(12)13;;/h8H,1-7,10-11H2,(H,12,13);;/q;+1;-1. The fourth-order valence-corrected chi connectivity index (χ4v) is 1.18. The quantitative estimate of drug-likeness (QED) is 0.304. The summed E-state index contributed by atoms with van der Waals surface area (Å²) in [5.41, 5.74) is 11.0. The molecule has 0 fully saturated rings. The molecule has 0 rings (SSSR count). The Bertz CT molecular complexity index is 150. The molecule has 5 heteroatoms. The molecular weight excluding hydrogens is 175 g/mol. The Balaban J connectivity index is -0.000000720. The first-order valence-corrected chi connectivity index (χ1v) is 4.84. The van der Waals surface area contributed by atoms with Crippen LogP contribution in [0, 0.1) is 0 Å². The number of carboxylic acid groups (broad SMARTS) is 1. The van der Waals surface area contributed by atoms with E-state index in [1.807, 2.05) is 0 Å². The van der Waals surface area contributed by atoms with Crippen molar-refractivity contribution in [3.8, 4) is 0 Å². The molecule has 14 heavy (non-hydrogen) atoms. The van der Waals surface area contributed by atoms with Crippen LogP contribution in [0.25, 0.3) is 0 Å². The summed E-state index contributed by atoms with van der Waals surface area (Å²) < 4.78 is 0. The molecule has 0 spiro atoms. The zero-order chi connectivity index (χ0) is 10.1. The van der Waals surface area contributed by atoms with Crippen LogP contribution >= 0.6 is 0 Å². The topological polar surface area (TPSA) is 89.3 Å². The third kappa shape index (κ3) is 12.0. The fourth-order valence-electron chi connectivity index (χ4n) is 1.18. The van der Waals surface area contributed by atoms with Crippen molar-refractivity contribution < 1.29 is 30.2 Å². The molecule has 0 aromatic carbocycles. The van der Waals surface area contributed by atoms with Crippen LogP contribution in [0.15, 0.2) is 0 Å². The normalized spacial score (nSPS) is 11.9. The van der Waals surface area contributed by atoms with Crippen LogP contribution in [0.2, 0.25) is 0 Å². The number of unbranched alkanes of at least 4 members (excludes halogenated alkanes) is 2. The van der Waals surface area contributed by atoms with Crippen molar-refractivity contribution in [2.24, 2.45) is 11.5 Å². The number of aliphatic carboxylic acids is 1. The summed E-state index contributed by atoms with van der Waals surface area (Å²) in [5.74, 6) is -0.766. The second-order valence-electron chi connectivity index (χ2n) is 3.33. The number of hydrogen-bond acceptors (Lipinski definition) is 3. The Morgan fingerprint density at radius 3 is 2.43 bits per heavy atom. The maximum absolute atomic E-state index is 10.2. The summed E-state index contributed by atoms with van der Waals surface area (Å²) in [6.07, 6.45) is 4.85. The number of carbonyl (C=O) groups is 1. The molecule has 0 aliphatic rings. The Morgan fingerprint density at radius 1 is 1.29 bits per heavy atom. The van der Waals surface area contributed by atoms with Crippen molar-refractivity contribution in [2.45, 2.75) is 44.6 Å². The van der Waals surface area contributed by atoms with Gasteiger partial charge in [-0.05, 0) is 25.8 Å². The molecule has 0 aliphatic heterocycles. The van der Waals surface area contributed by atoms with Gasteiger partial charge in [-0.1, -0.05) is 12.8 Å². The summed E-state index contributed by atoms with van der Waals surface area (Å²) in [6.45, 7) is 0.727. The largest absolute Gasteiger partial charge is 1.00 e. The van der Waals surface area contributed by atoms with Gasteiger partial charge in [0.25, 0.3) is 0 Å². The van der Waals surface area contributed by atoms with Gasteiger partial charge >= 0.3 is 24.8 Å². The maximum atomic E-state index is 10.2. The van der Waals surface area contributed by atoms with Gasteiger partial charge in [0.15, 0.2) is 0 Å². The van der Waals surface area contributed by atoms with Crippen molar-refractivity contribution in [1.29, 1.82) is 0 Å². The minimum absolute atomic E-state index is 0. The van der Waals surface area contributed by atoms with Crippen molar-refractivity contribution in [1.82, 2.24) is 0 Å². The van der Waals surface area contributed by atoms with Crippen LogP contribution in [-0.2, 0) is 4.79 Å². The molecule has 0 radical (unpaired) electrons. The molecule has 0 bridgehead atoms. The van der Waals surface area contributed by atoms with E-state index in [4.69, 9.17) is 16.6 Å². The summed E-state index contributed by atoms with van der Waals surface area (Å²) in [7, 11) is 0. The second kappa shape index (κ2) is 11.1. The number of nitrogens with two attached hydrogens (primary N) is 2. The van der Waals surface area contributed by atoms with Gasteiger partial charge in [-0.25, -0.2) is 0 Å². The fraction of sp³-hybridized carbons (Fsp3) is 0.889. The first kappa shape index (κ1) is 16.4. The van der Waals surface area contributed by atoms with Crippen molar-refractivity contribution in [3.05, 3.63) is 0 Å². The molecule has 0 aliphatic carbocycles. The van der Waals surface area contributed by atoms with Gasteiger partial charge in [-0.15, -0.1) is 0 Å². The molecule has 0 saturated carbocycles. The van der Waals surface area contributed by atoms with E-state index in [9.17, 15) is 4.79 Å². The minimum atomic E-state index is -0.766. The zero-order valence-electron chi connectivity index (χ0n) is 10.0. The molecule has 4 nitrogen and oxygen atoms in total. The van der Waals surface area contributed by atoms with Gasteiger partial charge in [0.1, 0.15) is 0 Å². The molecule has 1 unspecified atom stereocenters. The molecular formula is C9H21LiN2O2. The third-order valence-corrected chi connectivity index (χ3v) is 2.01. The SMILES string of the molecule is NCCCCCC(N)CCC(=O)O.[H-].[Li+]. The average Bonchev–Trinajstić information content (AvgIpc) is 2.09. The van der Waals surface area contributed by atoms with E-state index in [0.29, 0.717) is 6.42 Å². The smallest absolute Gasteiger partial charge is 1.00 e. The predicted molar refractivity (Wildman–Crippen MR) is 53.5 cm³/mol. The molecule has 0 aromatic rings. The summed E-state index contributed by atoms with van der Waals surface area (Å²) >= 11 is 0. The van der Waals surface area contributed by atoms with Crippen molar-refractivity contribution in [3.63, 3.8) is 0 Å². The van der Waals surface area contributed by atoms with Crippen LogP contribution in [-0.4, -0.2) is 23.7 Å². The van der Waals surface area contributed by atoms with Crippen LogP contribution < -0.4 is 30.3 Å². The predicted octanol–water partition coefficient (Wildman–Crippen LogP) is -2.19. The van der Waals surface area contributed by atoms with Gasteiger partial charge in [0, 0.05) is 12.5 Å². The van der Waals surface area contributed by atoms with Gasteiger partial charge in [0.2, 0.25) is 0 Å². The van der Waals surface area contributed by atoms with Crippen LogP contribution in [0.5, 0.6) is 0 Å². The van der Waals surface area contributed by atoms with Crippen LogP contribution in [0.4, 0.5) is 0 Å². The summed E-state index contributed by atoms with van der Waals surface area (Å²) in [6, 6.07) is 0.0360. The molecule has 0 amide bonds. The number of carboxylic acids is 1. The van der Waals surface area contributed by atoms with Crippen LogP contribution in [0.3, 0.4) is 0 Å². The number of rotatable bonds is 8. The van der Waals surface area contributed by atoms with E-state index in [-0.39, 0.29) is 32.7 Å². The van der Waals surface area contributed by atoms with Crippen LogP contribution in [0.1, 0.15) is 40.0 Å². The van der Waals surface area contributed by atoms with Gasteiger partial charge in [0.05, 0.1) is 0 Å².